The van der Waals surface area contributed by atoms with E-state index in [2.05, 4.69) is 0 Å². The van der Waals surface area contributed by atoms with Crippen LogP contribution in [-0.4, -0.2) is 47.4 Å². The molecule has 1 unspecified atom stereocenters. The molecule has 1 atom stereocenters. The normalized spacial score (nSPS) is 18.0. The van der Waals surface area contributed by atoms with Gasteiger partial charge in [-0.2, -0.15) is 61.5 Å². The lowest BCUT2D eigenvalue weighted by molar-refractivity contribution is -0.503. The lowest BCUT2D eigenvalue weighted by Crippen LogP contribution is -2.80. The summed E-state index contributed by atoms with van der Waals surface area (Å²) in [5.74, 6) is -12.5. The molecular weight excluding hydrogens is 413 g/mol. The van der Waals surface area contributed by atoms with E-state index in [4.69, 9.17) is 5.11 Å². The van der Waals surface area contributed by atoms with E-state index in [-0.39, 0.29) is 0 Å². The molecule has 0 aromatic heterocycles. The number of hydrogen-bond donors (Lipinski definition) is 1. The van der Waals surface area contributed by atoms with Crippen molar-refractivity contribution < 1.29 is 75.8 Å². The first-order valence-corrected chi connectivity index (χ1v) is 5.01. The molecule has 0 radical (unpaired) electrons. The van der Waals surface area contributed by atoms with Crippen LogP contribution in [0.2, 0.25) is 0 Å². The van der Waals surface area contributed by atoms with Crippen LogP contribution in [0.3, 0.4) is 0 Å². The molecule has 0 fully saturated rings. The van der Waals surface area contributed by atoms with Crippen molar-refractivity contribution in [3.63, 3.8) is 0 Å². The first-order valence-electron chi connectivity index (χ1n) is 5.01. The van der Waals surface area contributed by atoms with Crippen LogP contribution in [0.1, 0.15) is 0 Å². The molecular formula is C8HF15O2. The Morgan fingerprint density at radius 3 is 0.880 bits per heavy atom. The molecule has 2 nitrogen and oxygen atoms in total. The number of carbonyl (C=O) groups is 1. The summed E-state index contributed by atoms with van der Waals surface area (Å²) in [7, 11) is 0. The van der Waals surface area contributed by atoms with Crippen LogP contribution in [-0.2, 0) is 4.79 Å². The highest BCUT2D eigenvalue weighted by Crippen LogP contribution is 2.72. The van der Waals surface area contributed by atoms with Crippen molar-refractivity contribution in [1.82, 2.24) is 0 Å². The van der Waals surface area contributed by atoms with Crippen LogP contribution in [0.4, 0.5) is 65.9 Å². The lowest BCUT2D eigenvalue weighted by atomic mass is 9.66. The van der Waals surface area contributed by atoms with E-state index >= 15 is 0 Å². The second-order valence-corrected chi connectivity index (χ2v) is 4.28. The Hall–Kier alpha value is -1.58. The smallest absolute Gasteiger partial charge is 0.430 e. The Labute approximate surface area is 125 Å². The maximum atomic E-state index is 13.7. The molecule has 0 aromatic carbocycles. The fourth-order valence-electron chi connectivity index (χ4n) is 1.84. The van der Waals surface area contributed by atoms with Gasteiger partial charge in [0, 0.05) is 0 Å². The van der Waals surface area contributed by atoms with Crippen molar-refractivity contribution in [1.29, 1.82) is 0 Å². The van der Waals surface area contributed by atoms with Gasteiger partial charge in [0.15, 0.2) is 0 Å². The van der Waals surface area contributed by atoms with Crippen molar-refractivity contribution >= 4 is 5.97 Å². The second-order valence-electron chi connectivity index (χ2n) is 4.28. The van der Waals surface area contributed by atoms with E-state index in [0.717, 1.165) is 0 Å². The van der Waals surface area contributed by atoms with Gasteiger partial charge in [0.2, 0.25) is 0 Å². The van der Waals surface area contributed by atoms with Crippen LogP contribution in [0.15, 0.2) is 0 Å². The first-order chi connectivity index (χ1) is 10.4. The molecule has 25 heavy (non-hydrogen) atoms. The van der Waals surface area contributed by atoms with Gasteiger partial charge in [-0.25, -0.2) is 9.18 Å². The van der Waals surface area contributed by atoms with Gasteiger partial charge >= 0.3 is 47.7 Å². The molecule has 0 saturated heterocycles. The summed E-state index contributed by atoms with van der Waals surface area (Å²) in [6.07, 6.45) is -33.6. The zero-order valence-electron chi connectivity index (χ0n) is 10.5. The highest BCUT2D eigenvalue weighted by molar-refractivity contribution is 5.78. The van der Waals surface area contributed by atoms with Crippen molar-refractivity contribution in [2.75, 3.05) is 0 Å². The maximum Gasteiger partial charge on any atom is 0.430 e. The summed E-state index contributed by atoms with van der Waals surface area (Å²) in [6.45, 7) is 0. The quantitative estimate of drug-likeness (QED) is 0.683. The van der Waals surface area contributed by atoms with Crippen molar-refractivity contribution in [3.8, 4) is 0 Å². The second kappa shape index (κ2) is 5.46. The van der Waals surface area contributed by atoms with E-state index in [0.29, 0.717) is 0 Å². The van der Waals surface area contributed by atoms with Gasteiger partial charge < -0.3 is 5.11 Å². The molecule has 0 rings (SSSR count). The molecule has 0 aromatic rings. The summed E-state index contributed by atoms with van der Waals surface area (Å²) in [5, 5.41) is 7.71. The summed E-state index contributed by atoms with van der Waals surface area (Å²) in [6, 6.07) is 0. The molecule has 0 bridgehead atoms. The van der Waals surface area contributed by atoms with Crippen molar-refractivity contribution in [3.05, 3.63) is 0 Å². The summed E-state index contributed by atoms with van der Waals surface area (Å²) in [4.78, 5) is 9.95. The molecule has 0 heterocycles. The highest BCUT2D eigenvalue weighted by atomic mass is 19.4. The molecule has 0 spiro atoms. The summed E-state index contributed by atoms with van der Waals surface area (Å²) < 4.78 is 189. The van der Waals surface area contributed by atoms with Gasteiger partial charge in [-0.3, -0.25) is 0 Å². The molecule has 1 N–H and O–H groups in total. The third kappa shape index (κ3) is 2.74. The zero-order valence-corrected chi connectivity index (χ0v) is 10.5. The minimum atomic E-state index is -8.81. The van der Waals surface area contributed by atoms with Crippen LogP contribution >= 0.6 is 0 Å². The Kier molecular flexibility index (Phi) is 5.11. The third-order valence-electron chi connectivity index (χ3n) is 2.88. The fraction of sp³-hybridized carbons (Fsp3) is 0.875. The summed E-state index contributed by atoms with van der Waals surface area (Å²) >= 11 is 0. The number of hydrogen-bond acceptors (Lipinski definition) is 1. The largest absolute Gasteiger partial charge is 0.477 e. The third-order valence-corrected chi connectivity index (χ3v) is 2.88. The van der Waals surface area contributed by atoms with Gasteiger partial charge in [0.25, 0.3) is 0 Å². The van der Waals surface area contributed by atoms with E-state index in [1.807, 2.05) is 0 Å². The van der Waals surface area contributed by atoms with Gasteiger partial charge in [0.1, 0.15) is 0 Å². The standard InChI is InChI=1S/C8HF15O2/c9-2(10,1(24)25)4(11,8(21,22)23)3(5(12,13)14,6(15,16)17)7(18,19)20/h(H,24,25). The molecule has 0 aliphatic carbocycles. The van der Waals surface area contributed by atoms with E-state index in [1.54, 1.807) is 0 Å². The van der Waals surface area contributed by atoms with Gasteiger partial charge in [-0.05, 0) is 0 Å². The van der Waals surface area contributed by atoms with Crippen LogP contribution < -0.4 is 0 Å². The maximum absolute atomic E-state index is 13.7. The van der Waals surface area contributed by atoms with E-state index < -0.39 is 47.7 Å². The van der Waals surface area contributed by atoms with Crippen LogP contribution in [0, 0.1) is 5.41 Å². The molecule has 0 amide bonds. The predicted molar refractivity (Wildman–Crippen MR) is 43.1 cm³/mol. The predicted octanol–water partition coefficient (Wildman–Crippen LogP) is 4.65. The number of aliphatic carboxylic acids is 1. The topological polar surface area (TPSA) is 37.3 Å². The molecule has 0 aliphatic heterocycles. The number of rotatable bonds is 3. The first kappa shape index (κ1) is 23.4. The zero-order chi connectivity index (χ0) is 21.1. The van der Waals surface area contributed by atoms with Crippen LogP contribution in [0.25, 0.3) is 0 Å². The average molecular weight is 414 g/mol. The van der Waals surface area contributed by atoms with Crippen molar-refractivity contribution in [2.45, 2.75) is 36.3 Å². The molecule has 150 valence electrons. The molecule has 0 aliphatic rings. The molecule has 0 saturated carbocycles. The number of carboxylic acids is 1. The minimum Gasteiger partial charge on any atom is -0.477 e. The monoisotopic (exact) mass is 414 g/mol. The van der Waals surface area contributed by atoms with E-state index in [9.17, 15) is 70.7 Å². The van der Waals surface area contributed by atoms with Crippen molar-refractivity contribution in [2.24, 2.45) is 5.41 Å². The summed E-state index contributed by atoms with van der Waals surface area (Å²) in [5.41, 5.74) is -17.5. The van der Waals surface area contributed by atoms with E-state index in [1.165, 1.54) is 0 Å². The fourth-order valence-corrected chi connectivity index (χ4v) is 1.84. The highest BCUT2D eigenvalue weighted by Gasteiger charge is 3.02. The average Bonchev–Trinajstić information content (AvgIpc) is 2.20. The minimum absolute atomic E-state index is 4.64. The lowest BCUT2D eigenvalue weighted by Gasteiger charge is -2.48. The van der Waals surface area contributed by atoms with Gasteiger partial charge in [-0.15, -0.1) is 0 Å². The van der Waals surface area contributed by atoms with Gasteiger partial charge in [0.05, 0.1) is 0 Å². The van der Waals surface area contributed by atoms with Gasteiger partial charge in [-0.1, -0.05) is 0 Å². The molecule has 17 heteroatoms. The SMILES string of the molecule is O=C(O)C(F)(F)C(F)(C(F)(F)F)C(C(F)(F)F)(C(F)(F)F)C(F)(F)F. The number of alkyl halides is 15. The Morgan fingerprint density at radius 2 is 0.760 bits per heavy atom. The number of halogens is 15. The Balaban J connectivity index is 7.74. The number of carboxylic acid groups (broad SMARTS) is 1. The Bertz CT molecular complexity index is 484. The van der Waals surface area contributed by atoms with Crippen LogP contribution in [0.5, 0.6) is 0 Å². The Morgan fingerprint density at radius 1 is 0.520 bits per heavy atom.